The van der Waals surface area contributed by atoms with Gasteiger partial charge in [0, 0.05) is 5.02 Å². The molecule has 0 radical (unpaired) electrons. The summed E-state index contributed by atoms with van der Waals surface area (Å²) in [6, 6.07) is 3.84. The molecule has 0 fully saturated rings. The number of hydrogen-bond acceptors (Lipinski definition) is 1. The van der Waals surface area contributed by atoms with E-state index >= 15 is 0 Å². The summed E-state index contributed by atoms with van der Waals surface area (Å²) in [5, 5.41) is 1.16. The molecule has 0 spiro atoms. The minimum atomic E-state index is 0.391. The minimum Gasteiger partial charge on any atom is -0.329 e. The summed E-state index contributed by atoms with van der Waals surface area (Å²) in [7, 11) is 0. The second-order valence-electron chi connectivity index (χ2n) is 3.57. The summed E-state index contributed by atoms with van der Waals surface area (Å²) < 4.78 is 0. The van der Waals surface area contributed by atoms with Crippen molar-refractivity contribution in [3.8, 4) is 0 Å². The topological polar surface area (TPSA) is 28.7 Å². The summed E-state index contributed by atoms with van der Waals surface area (Å²) in [5.74, 6) is 0.391. The van der Waals surface area contributed by atoms with Gasteiger partial charge in [0.1, 0.15) is 0 Å². The van der Waals surface area contributed by atoms with E-state index in [2.05, 4.69) is 23.8 Å². The van der Waals surface area contributed by atoms with Crippen molar-refractivity contribution in [2.75, 3.05) is 0 Å². The van der Waals surface area contributed by atoms with Crippen molar-refractivity contribution in [3.05, 3.63) is 28.0 Å². The van der Waals surface area contributed by atoms with Crippen LogP contribution in [0, 0.1) is 0 Å². The van der Waals surface area contributed by atoms with Gasteiger partial charge in [-0.05, 0) is 35.2 Å². The highest BCUT2D eigenvalue weighted by Crippen LogP contribution is 2.28. The molecule has 0 amide bonds. The molecule has 0 aliphatic heterocycles. The van der Waals surface area contributed by atoms with Gasteiger partial charge in [-0.1, -0.05) is 25.4 Å². The molecule has 4 heteroatoms. The number of H-pyrrole nitrogens is 1. The molecule has 0 atom stereocenters. The predicted molar refractivity (Wildman–Crippen MR) is 60.2 cm³/mol. The van der Waals surface area contributed by atoms with Crippen LogP contribution in [-0.2, 0) is 0 Å². The van der Waals surface area contributed by atoms with E-state index in [1.807, 2.05) is 12.1 Å². The number of nitrogens with zero attached hydrogens (tertiary/aromatic N) is 1. The molecular weight excluding hydrogens is 219 g/mol. The highest BCUT2D eigenvalue weighted by atomic mass is 35.5. The zero-order valence-corrected chi connectivity index (χ0v) is 9.45. The van der Waals surface area contributed by atoms with E-state index in [-0.39, 0.29) is 0 Å². The van der Waals surface area contributed by atoms with E-state index < -0.39 is 0 Å². The first-order valence-electron chi connectivity index (χ1n) is 4.42. The van der Waals surface area contributed by atoms with E-state index in [1.54, 1.807) is 0 Å². The van der Waals surface area contributed by atoms with Gasteiger partial charge in [0.25, 0.3) is 0 Å². The first-order valence-corrected chi connectivity index (χ1v) is 5.18. The third kappa shape index (κ3) is 1.60. The van der Waals surface area contributed by atoms with Crippen molar-refractivity contribution in [2.24, 2.45) is 0 Å². The molecule has 1 N–H and O–H groups in total. The van der Waals surface area contributed by atoms with Crippen molar-refractivity contribution in [2.45, 2.75) is 19.8 Å². The summed E-state index contributed by atoms with van der Waals surface area (Å²) >= 11 is 11.9. The zero-order valence-electron chi connectivity index (χ0n) is 7.94. The van der Waals surface area contributed by atoms with Crippen molar-refractivity contribution >= 4 is 34.2 Å². The van der Waals surface area contributed by atoms with Gasteiger partial charge in [-0.2, -0.15) is 0 Å². The molecule has 0 aliphatic carbocycles. The average molecular weight is 229 g/mol. The monoisotopic (exact) mass is 228 g/mol. The van der Waals surface area contributed by atoms with E-state index in [4.69, 9.17) is 23.2 Å². The van der Waals surface area contributed by atoms with Crippen LogP contribution in [0.2, 0.25) is 10.3 Å². The molecule has 0 bridgehead atoms. The number of aromatic amines is 1. The van der Waals surface area contributed by atoms with Crippen LogP contribution < -0.4 is 0 Å². The number of aromatic nitrogens is 2. The third-order valence-electron chi connectivity index (χ3n) is 2.19. The fraction of sp³-hybridized carbons (Fsp3) is 0.300. The maximum atomic E-state index is 6.12. The van der Waals surface area contributed by atoms with Crippen LogP contribution in [0.4, 0.5) is 0 Å². The Kier molecular flexibility index (Phi) is 2.41. The Balaban J connectivity index is 2.70. The van der Waals surface area contributed by atoms with E-state index in [0.717, 1.165) is 21.6 Å². The molecule has 1 aromatic heterocycles. The summed E-state index contributed by atoms with van der Waals surface area (Å²) in [6.07, 6.45) is 0. The molecule has 2 nitrogen and oxygen atoms in total. The Labute approximate surface area is 92.2 Å². The molecule has 14 heavy (non-hydrogen) atoms. The quantitative estimate of drug-likeness (QED) is 0.786. The van der Waals surface area contributed by atoms with Crippen LogP contribution in [0.3, 0.4) is 0 Å². The molecule has 0 aliphatic rings. The molecule has 0 saturated heterocycles. The van der Waals surface area contributed by atoms with Crippen molar-refractivity contribution < 1.29 is 0 Å². The molecule has 1 heterocycles. The fourth-order valence-electron chi connectivity index (χ4n) is 1.46. The molecule has 2 rings (SSSR count). The Morgan fingerprint density at radius 1 is 1.29 bits per heavy atom. The largest absolute Gasteiger partial charge is 0.329 e. The van der Waals surface area contributed by atoms with Gasteiger partial charge in [-0.25, -0.2) is 4.98 Å². The van der Waals surface area contributed by atoms with Gasteiger partial charge in [0.15, 0.2) is 0 Å². The summed E-state index contributed by atoms with van der Waals surface area (Å²) in [4.78, 5) is 7.08. The van der Waals surface area contributed by atoms with Gasteiger partial charge in [0.05, 0.1) is 11.0 Å². The number of benzene rings is 1. The second-order valence-corrected chi connectivity index (χ2v) is 4.34. The lowest BCUT2D eigenvalue weighted by atomic mass is 10.0. The average Bonchev–Trinajstić information content (AvgIpc) is 2.42. The van der Waals surface area contributed by atoms with Gasteiger partial charge >= 0.3 is 0 Å². The van der Waals surface area contributed by atoms with E-state index in [0.29, 0.717) is 11.2 Å². The van der Waals surface area contributed by atoms with Crippen LogP contribution in [0.5, 0.6) is 0 Å². The van der Waals surface area contributed by atoms with Crippen LogP contribution in [0.25, 0.3) is 11.0 Å². The third-order valence-corrected chi connectivity index (χ3v) is 2.70. The lowest BCUT2D eigenvalue weighted by Gasteiger charge is -2.07. The lowest BCUT2D eigenvalue weighted by molar-refractivity contribution is 0.868. The number of rotatable bonds is 1. The number of halogens is 2. The SMILES string of the molecule is CC(C)c1cc2nc(Cl)[nH]c2cc1Cl. The van der Waals surface area contributed by atoms with Crippen LogP contribution in [0.15, 0.2) is 12.1 Å². The first-order chi connectivity index (χ1) is 6.58. The van der Waals surface area contributed by atoms with Gasteiger partial charge in [-0.3, -0.25) is 0 Å². The molecule has 0 unspecified atom stereocenters. The number of fused-ring (bicyclic) bond motifs is 1. The first kappa shape index (κ1) is 9.81. The zero-order chi connectivity index (χ0) is 10.3. The molecular formula is C10H10Cl2N2. The molecule has 0 saturated carbocycles. The van der Waals surface area contributed by atoms with Gasteiger partial charge in [-0.15, -0.1) is 0 Å². The molecule has 74 valence electrons. The standard InChI is InChI=1S/C10H10Cl2N2/c1-5(2)6-3-8-9(4-7(6)11)14-10(12)13-8/h3-5H,1-2H3,(H,13,14). The maximum absolute atomic E-state index is 6.12. The predicted octanol–water partition coefficient (Wildman–Crippen LogP) is 3.99. The smallest absolute Gasteiger partial charge is 0.201 e. The van der Waals surface area contributed by atoms with Crippen LogP contribution in [0.1, 0.15) is 25.3 Å². The Bertz CT molecular complexity index is 474. The summed E-state index contributed by atoms with van der Waals surface area (Å²) in [5.41, 5.74) is 2.84. The van der Waals surface area contributed by atoms with Crippen LogP contribution in [-0.4, -0.2) is 9.97 Å². The lowest BCUT2D eigenvalue weighted by Crippen LogP contribution is -1.88. The number of hydrogen-bond donors (Lipinski definition) is 1. The Morgan fingerprint density at radius 2 is 2.00 bits per heavy atom. The highest BCUT2D eigenvalue weighted by molar-refractivity contribution is 6.32. The molecule has 1 aromatic carbocycles. The van der Waals surface area contributed by atoms with E-state index in [9.17, 15) is 0 Å². The Hall–Kier alpha value is -0.730. The minimum absolute atomic E-state index is 0.391. The number of nitrogens with one attached hydrogen (secondary N) is 1. The van der Waals surface area contributed by atoms with Crippen LogP contribution >= 0.6 is 23.2 Å². The van der Waals surface area contributed by atoms with Crippen molar-refractivity contribution in [1.29, 1.82) is 0 Å². The van der Waals surface area contributed by atoms with Gasteiger partial charge in [0.2, 0.25) is 5.28 Å². The number of imidazole rings is 1. The summed E-state index contributed by atoms with van der Waals surface area (Å²) in [6.45, 7) is 4.20. The van der Waals surface area contributed by atoms with Crippen molar-refractivity contribution in [3.63, 3.8) is 0 Å². The van der Waals surface area contributed by atoms with Crippen molar-refractivity contribution in [1.82, 2.24) is 9.97 Å². The Morgan fingerprint density at radius 3 is 2.64 bits per heavy atom. The van der Waals surface area contributed by atoms with E-state index in [1.165, 1.54) is 0 Å². The maximum Gasteiger partial charge on any atom is 0.201 e. The normalized spacial score (nSPS) is 11.5. The second kappa shape index (κ2) is 3.44. The highest BCUT2D eigenvalue weighted by Gasteiger charge is 2.09. The van der Waals surface area contributed by atoms with Gasteiger partial charge < -0.3 is 4.98 Å². The molecule has 2 aromatic rings. The fourth-order valence-corrected chi connectivity index (χ4v) is 2.03.